The van der Waals surface area contributed by atoms with E-state index in [0.717, 1.165) is 19.5 Å². The van der Waals surface area contributed by atoms with Crippen LogP contribution in [0.25, 0.3) is 0 Å². The van der Waals surface area contributed by atoms with Gasteiger partial charge in [-0.2, -0.15) is 11.8 Å². The molecule has 0 aliphatic carbocycles. The summed E-state index contributed by atoms with van der Waals surface area (Å²) in [6, 6.07) is 0. The van der Waals surface area contributed by atoms with Crippen LogP contribution in [0.2, 0.25) is 0 Å². The molecular formula is C10H23NO2S. The van der Waals surface area contributed by atoms with Crippen molar-refractivity contribution in [3.05, 3.63) is 0 Å². The summed E-state index contributed by atoms with van der Waals surface area (Å²) in [5.41, 5.74) is 0. The highest BCUT2D eigenvalue weighted by atomic mass is 32.2. The summed E-state index contributed by atoms with van der Waals surface area (Å²) in [6.45, 7) is 2.37. The molecule has 0 fully saturated rings. The van der Waals surface area contributed by atoms with Gasteiger partial charge in [0.05, 0.1) is 12.7 Å². The first-order valence-corrected chi connectivity index (χ1v) is 6.57. The van der Waals surface area contributed by atoms with Crippen molar-refractivity contribution in [2.75, 3.05) is 38.8 Å². The van der Waals surface area contributed by atoms with E-state index in [1.165, 1.54) is 18.6 Å². The van der Waals surface area contributed by atoms with E-state index in [1.807, 2.05) is 11.8 Å². The maximum atomic E-state index is 9.32. The summed E-state index contributed by atoms with van der Waals surface area (Å²) in [5, 5.41) is 12.6. The number of hydrogen-bond donors (Lipinski definition) is 2. The van der Waals surface area contributed by atoms with Gasteiger partial charge in [0.1, 0.15) is 0 Å². The number of rotatable bonds is 10. The second kappa shape index (κ2) is 11.3. The summed E-state index contributed by atoms with van der Waals surface area (Å²) in [4.78, 5) is 0. The molecule has 0 aromatic heterocycles. The zero-order valence-electron chi connectivity index (χ0n) is 9.29. The third kappa shape index (κ3) is 10.3. The number of unbranched alkanes of at least 4 members (excludes halogenated alkanes) is 1. The molecule has 0 aromatic carbocycles. The Balaban J connectivity index is 2.98. The van der Waals surface area contributed by atoms with Gasteiger partial charge in [0.25, 0.3) is 0 Å². The molecule has 2 N–H and O–H groups in total. The highest BCUT2D eigenvalue weighted by molar-refractivity contribution is 7.98. The normalized spacial score (nSPS) is 13.1. The van der Waals surface area contributed by atoms with Gasteiger partial charge in [-0.3, -0.25) is 0 Å². The summed E-state index contributed by atoms with van der Waals surface area (Å²) in [6.07, 6.45) is 5.08. The van der Waals surface area contributed by atoms with Crippen molar-refractivity contribution < 1.29 is 9.84 Å². The quantitative estimate of drug-likeness (QED) is 0.542. The van der Waals surface area contributed by atoms with E-state index in [0.29, 0.717) is 6.61 Å². The minimum atomic E-state index is -0.321. The maximum Gasteiger partial charge on any atom is 0.0785 e. The fourth-order valence-electron chi connectivity index (χ4n) is 1.17. The molecule has 1 atom stereocenters. The van der Waals surface area contributed by atoms with Gasteiger partial charge in [-0.15, -0.1) is 0 Å². The van der Waals surface area contributed by atoms with Gasteiger partial charge < -0.3 is 15.2 Å². The standard InChI is InChI=1S/C10H23NO2S/c1-13-9-10(12)5-7-11-6-3-4-8-14-2/h10-12H,3-9H2,1-2H3. The van der Waals surface area contributed by atoms with E-state index < -0.39 is 0 Å². The lowest BCUT2D eigenvalue weighted by Crippen LogP contribution is -2.24. The summed E-state index contributed by atoms with van der Waals surface area (Å²) in [7, 11) is 1.61. The van der Waals surface area contributed by atoms with Gasteiger partial charge in [0.15, 0.2) is 0 Å². The van der Waals surface area contributed by atoms with Crippen LogP contribution in [0.4, 0.5) is 0 Å². The van der Waals surface area contributed by atoms with Crippen LogP contribution in [0.15, 0.2) is 0 Å². The van der Waals surface area contributed by atoms with Crippen molar-refractivity contribution in [2.45, 2.75) is 25.4 Å². The summed E-state index contributed by atoms with van der Waals surface area (Å²) >= 11 is 1.89. The minimum absolute atomic E-state index is 0.321. The summed E-state index contributed by atoms with van der Waals surface area (Å²) < 4.78 is 4.83. The summed E-state index contributed by atoms with van der Waals surface area (Å²) in [5.74, 6) is 1.24. The molecule has 14 heavy (non-hydrogen) atoms. The van der Waals surface area contributed by atoms with Gasteiger partial charge in [-0.1, -0.05) is 0 Å². The van der Waals surface area contributed by atoms with Crippen molar-refractivity contribution >= 4 is 11.8 Å². The van der Waals surface area contributed by atoms with Crippen LogP contribution in [-0.2, 0) is 4.74 Å². The Morgan fingerprint density at radius 1 is 1.36 bits per heavy atom. The van der Waals surface area contributed by atoms with E-state index in [2.05, 4.69) is 11.6 Å². The van der Waals surface area contributed by atoms with Crippen molar-refractivity contribution in [3.8, 4) is 0 Å². The molecular weight excluding hydrogens is 198 g/mol. The number of aliphatic hydroxyl groups excluding tert-OH is 1. The van der Waals surface area contributed by atoms with Gasteiger partial charge in [0, 0.05) is 7.11 Å². The van der Waals surface area contributed by atoms with Crippen LogP contribution in [-0.4, -0.2) is 50.0 Å². The number of methoxy groups -OCH3 is 1. The van der Waals surface area contributed by atoms with Crippen LogP contribution >= 0.6 is 11.8 Å². The van der Waals surface area contributed by atoms with Gasteiger partial charge in [-0.05, 0) is 44.4 Å². The van der Waals surface area contributed by atoms with Crippen molar-refractivity contribution in [3.63, 3.8) is 0 Å². The molecule has 0 aliphatic rings. The fraction of sp³-hybridized carbons (Fsp3) is 1.00. The van der Waals surface area contributed by atoms with Crippen molar-refractivity contribution in [1.82, 2.24) is 5.32 Å². The third-order valence-corrected chi connectivity index (χ3v) is 2.66. The SMILES string of the molecule is COCC(O)CCNCCCCSC. The lowest BCUT2D eigenvalue weighted by atomic mass is 10.2. The van der Waals surface area contributed by atoms with Gasteiger partial charge in [0.2, 0.25) is 0 Å². The van der Waals surface area contributed by atoms with Crippen LogP contribution in [0.5, 0.6) is 0 Å². The van der Waals surface area contributed by atoms with E-state index in [9.17, 15) is 5.11 Å². The number of aliphatic hydroxyl groups is 1. The van der Waals surface area contributed by atoms with E-state index >= 15 is 0 Å². The topological polar surface area (TPSA) is 41.5 Å². The third-order valence-electron chi connectivity index (χ3n) is 1.97. The molecule has 0 saturated carbocycles. The number of ether oxygens (including phenoxy) is 1. The zero-order chi connectivity index (χ0) is 10.6. The molecule has 0 rings (SSSR count). The van der Waals surface area contributed by atoms with Crippen molar-refractivity contribution in [1.29, 1.82) is 0 Å². The van der Waals surface area contributed by atoms with Crippen LogP contribution in [0.1, 0.15) is 19.3 Å². The monoisotopic (exact) mass is 221 g/mol. The lowest BCUT2D eigenvalue weighted by molar-refractivity contribution is 0.0595. The van der Waals surface area contributed by atoms with E-state index in [1.54, 1.807) is 7.11 Å². The van der Waals surface area contributed by atoms with E-state index in [4.69, 9.17) is 4.74 Å². The Kier molecular flexibility index (Phi) is 11.5. The average Bonchev–Trinajstić information content (AvgIpc) is 2.17. The number of hydrogen-bond acceptors (Lipinski definition) is 4. The molecule has 86 valence electrons. The average molecular weight is 221 g/mol. The Hall–Kier alpha value is 0.230. The molecule has 0 aromatic rings. The largest absolute Gasteiger partial charge is 0.391 e. The van der Waals surface area contributed by atoms with Crippen LogP contribution < -0.4 is 5.32 Å². The number of nitrogens with one attached hydrogen (secondary N) is 1. The van der Waals surface area contributed by atoms with Crippen LogP contribution in [0.3, 0.4) is 0 Å². The first kappa shape index (κ1) is 14.2. The molecule has 3 nitrogen and oxygen atoms in total. The zero-order valence-corrected chi connectivity index (χ0v) is 10.1. The molecule has 0 spiro atoms. The highest BCUT2D eigenvalue weighted by Crippen LogP contribution is 1.98. The Labute approximate surface area is 91.6 Å². The predicted octanol–water partition coefficient (Wildman–Crippen LogP) is 1.12. The Bertz CT molecular complexity index is 114. The number of thioether (sulfide) groups is 1. The predicted molar refractivity (Wildman–Crippen MR) is 63.0 cm³/mol. The molecule has 0 heterocycles. The molecule has 4 heteroatoms. The molecule has 0 amide bonds. The Morgan fingerprint density at radius 3 is 2.79 bits per heavy atom. The molecule has 0 radical (unpaired) electrons. The van der Waals surface area contributed by atoms with Gasteiger partial charge >= 0.3 is 0 Å². The van der Waals surface area contributed by atoms with Crippen molar-refractivity contribution in [2.24, 2.45) is 0 Å². The fourth-order valence-corrected chi connectivity index (χ4v) is 1.66. The smallest absolute Gasteiger partial charge is 0.0785 e. The minimum Gasteiger partial charge on any atom is -0.391 e. The lowest BCUT2D eigenvalue weighted by Gasteiger charge is -2.09. The molecule has 1 unspecified atom stereocenters. The first-order chi connectivity index (χ1) is 6.81. The molecule has 0 saturated heterocycles. The first-order valence-electron chi connectivity index (χ1n) is 5.18. The highest BCUT2D eigenvalue weighted by Gasteiger charge is 2.01. The Morgan fingerprint density at radius 2 is 2.14 bits per heavy atom. The molecule has 0 bridgehead atoms. The molecule has 0 aliphatic heterocycles. The van der Waals surface area contributed by atoms with Gasteiger partial charge in [-0.25, -0.2) is 0 Å². The van der Waals surface area contributed by atoms with E-state index in [-0.39, 0.29) is 6.10 Å². The second-order valence-electron chi connectivity index (χ2n) is 3.35. The van der Waals surface area contributed by atoms with Crippen LogP contribution in [0, 0.1) is 0 Å². The maximum absolute atomic E-state index is 9.32. The second-order valence-corrected chi connectivity index (χ2v) is 4.33.